The highest BCUT2D eigenvalue weighted by Gasteiger charge is 2.14. The number of aliphatic carboxylic acids is 1. The maximum absolute atomic E-state index is 11.8. The number of methoxy groups -OCH3 is 3. The number of carboxylic acid groups (broad SMARTS) is 1. The van der Waals surface area contributed by atoms with Gasteiger partial charge in [0.2, 0.25) is 0 Å². The SMILES string of the molecule is COc1ccc(OC)c(/C=C(\C(=O)O)c2ccc(OC)c(C)c2)c1. The Morgan fingerprint density at radius 1 is 0.958 bits per heavy atom. The van der Waals surface area contributed by atoms with Gasteiger partial charge in [0.15, 0.2) is 0 Å². The van der Waals surface area contributed by atoms with Crippen LogP contribution >= 0.6 is 0 Å². The van der Waals surface area contributed by atoms with Crippen molar-refractivity contribution in [3.63, 3.8) is 0 Å². The van der Waals surface area contributed by atoms with Crippen LogP contribution in [0.25, 0.3) is 11.6 Å². The van der Waals surface area contributed by atoms with Gasteiger partial charge in [0.05, 0.1) is 26.9 Å². The van der Waals surface area contributed by atoms with Crippen LogP contribution in [0.4, 0.5) is 0 Å². The van der Waals surface area contributed by atoms with Gasteiger partial charge in [-0.25, -0.2) is 4.79 Å². The fourth-order valence-corrected chi connectivity index (χ4v) is 2.42. The summed E-state index contributed by atoms with van der Waals surface area (Å²) < 4.78 is 15.7. The van der Waals surface area contributed by atoms with Crippen LogP contribution in [0.5, 0.6) is 17.2 Å². The minimum Gasteiger partial charge on any atom is -0.497 e. The summed E-state index contributed by atoms with van der Waals surface area (Å²) in [6.45, 7) is 1.87. The number of hydrogen-bond acceptors (Lipinski definition) is 4. The molecule has 2 aromatic carbocycles. The molecular weight excluding hydrogens is 308 g/mol. The maximum atomic E-state index is 11.8. The van der Waals surface area contributed by atoms with Gasteiger partial charge in [-0.15, -0.1) is 0 Å². The Hall–Kier alpha value is -2.95. The van der Waals surface area contributed by atoms with E-state index < -0.39 is 5.97 Å². The quantitative estimate of drug-likeness (QED) is 0.648. The molecule has 0 heterocycles. The van der Waals surface area contributed by atoms with Crippen molar-refractivity contribution in [1.29, 1.82) is 0 Å². The van der Waals surface area contributed by atoms with E-state index in [1.54, 1.807) is 56.7 Å². The van der Waals surface area contributed by atoms with Crippen LogP contribution in [0.15, 0.2) is 36.4 Å². The van der Waals surface area contributed by atoms with Crippen molar-refractivity contribution in [3.8, 4) is 17.2 Å². The number of ether oxygens (including phenoxy) is 3. The van der Waals surface area contributed by atoms with E-state index in [-0.39, 0.29) is 5.57 Å². The largest absolute Gasteiger partial charge is 0.497 e. The van der Waals surface area contributed by atoms with Crippen LogP contribution in [-0.4, -0.2) is 32.4 Å². The molecule has 0 aliphatic rings. The first-order chi connectivity index (χ1) is 11.5. The molecule has 126 valence electrons. The third-order valence-electron chi connectivity index (χ3n) is 3.67. The molecule has 5 heteroatoms. The molecule has 0 aromatic heterocycles. The Bertz CT molecular complexity index is 777. The van der Waals surface area contributed by atoms with E-state index in [9.17, 15) is 9.90 Å². The van der Waals surface area contributed by atoms with Crippen molar-refractivity contribution in [2.24, 2.45) is 0 Å². The van der Waals surface area contributed by atoms with Crippen LogP contribution in [0, 0.1) is 6.92 Å². The molecule has 5 nitrogen and oxygen atoms in total. The van der Waals surface area contributed by atoms with Crippen LogP contribution in [0.1, 0.15) is 16.7 Å². The van der Waals surface area contributed by atoms with Gasteiger partial charge < -0.3 is 19.3 Å². The Morgan fingerprint density at radius 2 is 1.62 bits per heavy atom. The molecule has 24 heavy (non-hydrogen) atoms. The number of benzene rings is 2. The summed E-state index contributed by atoms with van der Waals surface area (Å²) in [5, 5.41) is 9.62. The molecule has 0 radical (unpaired) electrons. The molecule has 0 amide bonds. The average Bonchev–Trinajstić information content (AvgIpc) is 2.59. The normalized spacial score (nSPS) is 11.1. The van der Waals surface area contributed by atoms with Gasteiger partial charge in [-0.05, 0) is 54.5 Å². The molecule has 2 rings (SSSR count). The zero-order chi connectivity index (χ0) is 17.7. The first kappa shape index (κ1) is 17.4. The second kappa shape index (κ2) is 7.55. The van der Waals surface area contributed by atoms with Crippen LogP contribution in [0.2, 0.25) is 0 Å². The molecule has 0 unspecified atom stereocenters. The maximum Gasteiger partial charge on any atom is 0.336 e. The van der Waals surface area contributed by atoms with Gasteiger partial charge in [-0.2, -0.15) is 0 Å². The lowest BCUT2D eigenvalue weighted by Crippen LogP contribution is -2.01. The molecule has 0 aliphatic carbocycles. The smallest absolute Gasteiger partial charge is 0.336 e. The summed E-state index contributed by atoms with van der Waals surface area (Å²) in [6.07, 6.45) is 1.57. The van der Waals surface area contributed by atoms with Gasteiger partial charge in [-0.1, -0.05) is 6.07 Å². The number of rotatable bonds is 6. The average molecular weight is 328 g/mol. The molecule has 0 fully saturated rings. The van der Waals surface area contributed by atoms with Crippen molar-refractivity contribution in [2.45, 2.75) is 6.92 Å². The van der Waals surface area contributed by atoms with Crippen LogP contribution in [0.3, 0.4) is 0 Å². The van der Waals surface area contributed by atoms with Crippen molar-refractivity contribution in [2.75, 3.05) is 21.3 Å². The molecule has 0 saturated carbocycles. The zero-order valence-corrected chi connectivity index (χ0v) is 14.1. The number of carbonyl (C=O) groups is 1. The van der Waals surface area contributed by atoms with Gasteiger partial charge in [0, 0.05) is 5.56 Å². The summed E-state index contributed by atoms with van der Waals surface area (Å²) >= 11 is 0. The number of carboxylic acids is 1. The first-order valence-corrected chi connectivity index (χ1v) is 7.32. The molecular formula is C19H20O5. The van der Waals surface area contributed by atoms with Gasteiger partial charge in [0.25, 0.3) is 0 Å². The Balaban J connectivity index is 2.57. The minimum absolute atomic E-state index is 0.160. The molecule has 0 atom stereocenters. The second-order valence-corrected chi connectivity index (χ2v) is 5.16. The highest BCUT2D eigenvalue weighted by atomic mass is 16.5. The van der Waals surface area contributed by atoms with Crippen molar-refractivity contribution >= 4 is 17.6 Å². The van der Waals surface area contributed by atoms with E-state index in [2.05, 4.69) is 0 Å². The lowest BCUT2D eigenvalue weighted by molar-refractivity contribution is -0.130. The molecule has 0 bridgehead atoms. The lowest BCUT2D eigenvalue weighted by atomic mass is 10.00. The molecule has 0 spiro atoms. The second-order valence-electron chi connectivity index (χ2n) is 5.16. The Labute approximate surface area is 141 Å². The first-order valence-electron chi connectivity index (χ1n) is 7.32. The topological polar surface area (TPSA) is 65.0 Å². The molecule has 0 saturated heterocycles. The summed E-state index contributed by atoms with van der Waals surface area (Å²) in [7, 11) is 4.68. The summed E-state index contributed by atoms with van der Waals surface area (Å²) in [4.78, 5) is 11.8. The van der Waals surface area contributed by atoms with Gasteiger partial charge in [-0.3, -0.25) is 0 Å². The lowest BCUT2D eigenvalue weighted by Gasteiger charge is -2.11. The Morgan fingerprint density at radius 3 is 2.17 bits per heavy atom. The standard InChI is InChI=1S/C19H20O5/c1-12-9-13(5-7-17(12)23-3)16(19(20)21)11-14-10-15(22-2)6-8-18(14)24-4/h5-11H,1-4H3,(H,20,21)/b16-11-. The van der Waals surface area contributed by atoms with Crippen LogP contribution < -0.4 is 14.2 Å². The highest BCUT2D eigenvalue weighted by molar-refractivity contribution is 6.20. The number of hydrogen-bond donors (Lipinski definition) is 1. The minimum atomic E-state index is -1.02. The van der Waals surface area contributed by atoms with Crippen molar-refractivity contribution in [3.05, 3.63) is 53.1 Å². The highest BCUT2D eigenvalue weighted by Crippen LogP contribution is 2.30. The van der Waals surface area contributed by atoms with E-state index in [1.807, 2.05) is 6.92 Å². The van der Waals surface area contributed by atoms with E-state index in [1.165, 1.54) is 7.11 Å². The third kappa shape index (κ3) is 3.68. The predicted molar refractivity (Wildman–Crippen MR) is 92.8 cm³/mol. The van der Waals surface area contributed by atoms with Crippen LogP contribution in [-0.2, 0) is 4.79 Å². The van der Waals surface area contributed by atoms with Gasteiger partial charge in [0.1, 0.15) is 17.2 Å². The summed E-state index contributed by atoms with van der Waals surface area (Å²) in [5.74, 6) is 0.879. The van der Waals surface area contributed by atoms with E-state index in [4.69, 9.17) is 14.2 Å². The summed E-state index contributed by atoms with van der Waals surface area (Å²) in [5.41, 5.74) is 2.24. The van der Waals surface area contributed by atoms with Crippen molar-refractivity contribution < 1.29 is 24.1 Å². The third-order valence-corrected chi connectivity index (χ3v) is 3.67. The summed E-state index contributed by atoms with van der Waals surface area (Å²) in [6, 6.07) is 10.5. The number of aryl methyl sites for hydroxylation is 1. The zero-order valence-electron chi connectivity index (χ0n) is 14.1. The predicted octanol–water partition coefficient (Wildman–Crippen LogP) is 3.65. The van der Waals surface area contributed by atoms with E-state index in [0.717, 1.165) is 5.56 Å². The Kier molecular flexibility index (Phi) is 5.47. The van der Waals surface area contributed by atoms with E-state index >= 15 is 0 Å². The fourth-order valence-electron chi connectivity index (χ4n) is 2.42. The van der Waals surface area contributed by atoms with Crippen molar-refractivity contribution in [1.82, 2.24) is 0 Å². The molecule has 0 aliphatic heterocycles. The van der Waals surface area contributed by atoms with E-state index in [0.29, 0.717) is 28.4 Å². The molecule has 2 aromatic rings. The monoisotopic (exact) mass is 328 g/mol. The molecule has 1 N–H and O–H groups in total. The fraction of sp³-hybridized carbons (Fsp3) is 0.211. The van der Waals surface area contributed by atoms with Gasteiger partial charge >= 0.3 is 5.97 Å².